The van der Waals surface area contributed by atoms with E-state index in [1.165, 1.54) is 0 Å². The van der Waals surface area contributed by atoms with Gasteiger partial charge in [-0.15, -0.1) is 0 Å². The second kappa shape index (κ2) is 1.99. The summed E-state index contributed by atoms with van der Waals surface area (Å²) in [6.07, 6.45) is 0. The minimum absolute atomic E-state index is 0.0837. The highest BCUT2D eigenvalue weighted by molar-refractivity contribution is 5.74. The van der Waals surface area contributed by atoms with Crippen molar-refractivity contribution in [2.45, 2.75) is 0 Å². The molecule has 55 valence electrons. The minimum atomic E-state index is -0.0837. The fourth-order valence-corrected chi connectivity index (χ4v) is 1.12. The summed E-state index contributed by atoms with van der Waals surface area (Å²) in [4.78, 5) is 13.7. The standard InChI is InChI=1S/C8H7N2O/c1-10-7-5-3-2-4-6(7)9-8(10)11/h3-5H,1H3,(H,9,11). The number of nitrogens with one attached hydrogen (secondary N) is 1. The van der Waals surface area contributed by atoms with E-state index in [1.807, 2.05) is 6.07 Å². The number of nitrogens with zero attached hydrogens (tertiary/aromatic N) is 1. The van der Waals surface area contributed by atoms with Crippen molar-refractivity contribution in [3.8, 4) is 0 Å². The van der Waals surface area contributed by atoms with Crippen LogP contribution in [0.15, 0.2) is 23.0 Å². The SMILES string of the molecule is Cn1c(=O)[nH]c2c[c]ccc21. The lowest BCUT2D eigenvalue weighted by Gasteiger charge is -1.89. The molecular weight excluding hydrogens is 140 g/mol. The van der Waals surface area contributed by atoms with Crippen molar-refractivity contribution in [3.05, 3.63) is 34.7 Å². The maximum absolute atomic E-state index is 11.0. The quantitative estimate of drug-likeness (QED) is 0.584. The van der Waals surface area contributed by atoms with Gasteiger partial charge < -0.3 is 4.98 Å². The summed E-state index contributed by atoms with van der Waals surface area (Å²) < 4.78 is 1.57. The Balaban J connectivity index is 3.04. The van der Waals surface area contributed by atoms with Crippen LogP contribution in [0.3, 0.4) is 0 Å². The molecular formula is C8H7N2O. The average molecular weight is 147 g/mol. The number of aromatic amines is 1. The van der Waals surface area contributed by atoms with Crippen LogP contribution in [0.25, 0.3) is 11.0 Å². The third kappa shape index (κ3) is 0.774. The molecule has 0 atom stereocenters. The van der Waals surface area contributed by atoms with Gasteiger partial charge in [-0.25, -0.2) is 4.79 Å². The Morgan fingerprint density at radius 1 is 1.64 bits per heavy atom. The van der Waals surface area contributed by atoms with Gasteiger partial charge in [0.25, 0.3) is 0 Å². The predicted molar refractivity (Wildman–Crippen MR) is 42.4 cm³/mol. The molecule has 1 heterocycles. The summed E-state index contributed by atoms with van der Waals surface area (Å²) in [5, 5.41) is 0. The third-order valence-electron chi connectivity index (χ3n) is 1.75. The highest BCUT2D eigenvalue weighted by Crippen LogP contribution is 2.05. The van der Waals surface area contributed by atoms with Crippen LogP contribution in [0.4, 0.5) is 0 Å². The molecule has 1 N–H and O–H groups in total. The van der Waals surface area contributed by atoms with Crippen molar-refractivity contribution in [2.75, 3.05) is 0 Å². The van der Waals surface area contributed by atoms with Crippen molar-refractivity contribution in [1.29, 1.82) is 0 Å². The number of hydrogen-bond donors (Lipinski definition) is 1. The summed E-state index contributed by atoms with van der Waals surface area (Å²) in [6, 6.07) is 8.29. The van der Waals surface area contributed by atoms with E-state index < -0.39 is 0 Å². The second-order valence-corrected chi connectivity index (χ2v) is 2.43. The van der Waals surface area contributed by atoms with Gasteiger partial charge in [-0.05, 0) is 18.2 Å². The second-order valence-electron chi connectivity index (χ2n) is 2.43. The summed E-state index contributed by atoms with van der Waals surface area (Å²) in [5.74, 6) is 0. The van der Waals surface area contributed by atoms with Crippen molar-refractivity contribution >= 4 is 11.0 Å². The molecule has 0 fully saturated rings. The van der Waals surface area contributed by atoms with Gasteiger partial charge in [0, 0.05) is 7.05 Å². The normalized spacial score (nSPS) is 10.6. The van der Waals surface area contributed by atoms with Gasteiger partial charge in [-0.2, -0.15) is 0 Å². The predicted octanol–water partition coefficient (Wildman–Crippen LogP) is 0.667. The number of fused-ring (bicyclic) bond motifs is 1. The van der Waals surface area contributed by atoms with Crippen molar-refractivity contribution < 1.29 is 0 Å². The summed E-state index contributed by atoms with van der Waals surface area (Å²) in [5.41, 5.74) is 1.66. The number of H-pyrrole nitrogens is 1. The van der Waals surface area contributed by atoms with Crippen LogP contribution >= 0.6 is 0 Å². The first-order valence-corrected chi connectivity index (χ1v) is 3.34. The first-order valence-electron chi connectivity index (χ1n) is 3.34. The van der Waals surface area contributed by atoms with Crippen LogP contribution < -0.4 is 5.69 Å². The molecule has 2 rings (SSSR count). The number of rotatable bonds is 0. The average Bonchev–Trinajstić information content (AvgIpc) is 2.30. The molecule has 1 aromatic heterocycles. The Bertz CT molecular complexity index is 439. The Hall–Kier alpha value is -1.51. The summed E-state index contributed by atoms with van der Waals surface area (Å²) in [6.45, 7) is 0. The molecule has 0 aliphatic carbocycles. The van der Waals surface area contributed by atoms with E-state index >= 15 is 0 Å². The van der Waals surface area contributed by atoms with E-state index in [0.717, 1.165) is 11.0 Å². The highest BCUT2D eigenvalue weighted by Gasteiger charge is 1.98. The Kier molecular flexibility index (Phi) is 1.12. The van der Waals surface area contributed by atoms with Gasteiger partial charge in [0.2, 0.25) is 0 Å². The van der Waals surface area contributed by atoms with Crippen LogP contribution in [0.2, 0.25) is 0 Å². The van der Waals surface area contributed by atoms with E-state index in [9.17, 15) is 4.79 Å². The topological polar surface area (TPSA) is 37.8 Å². The fraction of sp³-hybridized carbons (Fsp3) is 0.125. The van der Waals surface area contributed by atoms with Gasteiger partial charge in [-0.1, -0.05) is 6.07 Å². The highest BCUT2D eigenvalue weighted by atomic mass is 16.1. The van der Waals surface area contributed by atoms with Crippen LogP contribution in [0.1, 0.15) is 0 Å². The molecule has 0 saturated carbocycles. The molecule has 1 aromatic carbocycles. The Labute approximate surface area is 63.3 Å². The molecule has 0 aliphatic rings. The number of imidazole rings is 1. The van der Waals surface area contributed by atoms with E-state index in [0.29, 0.717) is 0 Å². The number of hydrogen-bond acceptors (Lipinski definition) is 1. The molecule has 11 heavy (non-hydrogen) atoms. The zero-order valence-electron chi connectivity index (χ0n) is 6.09. The van der Waals surface area contributed by atoms with Crippen LogP contribution in [0.5, 0.6) is 0 Å². The molecule has 0 bridgehead atoms. The van der Waals surface area contributed by atoms with Gasteiger partial charge in [0.15, 0.2) is 0 Å². The monoisotopic (exact) mass is 147 g/mol. The number of aromatic nitrogens is 2. The molecule has 3 heteroatoms. The zero-order chi connectivity index (χ0) is 7.84. The molecule has 0 spiro atoms. The maximum Gasteiger partial charge on any atom is 0.326 e. The number of aryl methyl sites for hydroxylation is 1. The Morgan fingerprint density at radius 2 is 2.45 bits per heavy atom. The number of benzene rings is 1. The molecule has 3 nitrogen and oxygen atoms in total. The zero-order valence-corrected chi connectivity index (χ0v) is 6.09. The lowest BCUT2D eigenvalue weighted by Crippen LogP contribution is -2.11. The van der Waals surface area contributed by atoms with Gasteiger partial charge in [0.05, 0.1) is 11.0 Å². The molecule has 1 radical (unpaired) electrons. The van der Waals surface area contributed by atoms with Crippen molar-refractivity contribution in [1.82, 2.24) is 9.55 Å². The molecule has 0 aliphatic heterocycles. The first kappa shape index (κ1) is 6.22. The maximum atomic E-state index is 11.0. The van der Waals surface area contributed by atoms with Crippen LogP contribution in [0, 0.1) is 6.07 Å². The van der Waals surface area contributed by atoms with E-state index in [2.05, 4.69) is 11.1 Å². The Morgan fingerprint density at radius 3 is 3.18 bits per heavy atom. The summed E-state index contributed by atoms with van der Waals surface area (Å²) >= 11 is 0. The van der Waals surface area contributed by atoms with Crippen molar-refractivity contribution in [3.63, 3.8) is 0 Å². The van der Waals surface area contributed by atoms with Gasteiger partial charge >= 0.3 is 5.69 Å². The largest absolute Gasteiger partial charge is 0.326 e. The lowest BCUT2D eigenvalue weighted by molar-refractivity contribution is 0.891. The summed E-state index contributed by atoms with van der Waals surface area (Å²) in [7, 11) is 1.74. The lowest BCUT2D eigenvalue weighted by atomic mass is 10.3. The van der Waals surface area contributed by atoms with Gasteiger partial charge in [0.1, 0.15) is 0 Å². The van der Waals surface area contributed by atoms with Crippen LogP contribution in [-0.2, 0) is 7.05 Å². The van der Waals surface area contributed by atoms with E-state index in [-0.39, 0.29) is 5.69 Å². The first-order chi connectivity index (χ1) is 5.29. The molecule has 2 aromatic rings. The smallest absolute Gasteiger partial charge is 0.306 e. The van der Waals surface area contributed by atoms with E-state index in [1.54, 1.807) is 23.7 Å². The minimum Gasteiger partial charge on any atom is -0.306 e. The van der Waals surface area contributed by atoms with Crippen molar-refractivity contribution in [2.24, 2.45) is 7.05 Å². The molecule has 0 amide bonds. The van der Waals surface area contributed by atoms with E-state index in [4.69, 9.17) is 0 Å². The third-order valence-corrected chi connectivity index (χ3v) is 1.75. The molecule has 0 unspecified atom stereocenters. The molecule has 0 saturated heterocycles. The van der Waals surface area contributed by atoms with Crippen LogP contribution in [-0.4, -0.2) is 9.55 Å². The fourth-order valence-electron chi connectivity index (χ4n) is 1.12. The van der Waals surface area contributed by atoms with Gasteiger partial charge in [-0.3, -0.25) is 4.57 Å².